The highest BCUT2D eigenvalue weighted by molar-refractivity contribution is 7.86. The first-order valence-corrected chi connectivity index (χ1v) is 14.4. The van der Waals surface area contributed by atoms with Gasteiger partial charge in [-0.1, -0.05) is 37.5 Å². The van der Waals surface area contributed by atoms with Crippen LogP contribution in [0, 0.1) is 0 Å². The third-order valence-electron chi connectivity index (χ3n) is 6.69. The van der Waals surface area contributed by atoms with Gasteiger partial charge in [0.15, 0.2) is 11.5 Å². The Morgan fingerprint density at radius 1 is 0.949 bits per heavy atom. The highest BCUT2D eigenvalue weighted by atomic mass is 32.2. The predicted molar refractivity (Wildman–Crippen MR) is 148 cm³/mol. The lowest BCUT2D eigenvalue weighted by molar-refractivity contribution is -0.123. The Morgan fingerprint density at radius 3 is 2.59 bits per heavy atom. The Morgan fingerprint density at radius 2 is 1.74 bits per heavy atom. The molecule has 1 saturated carbocycles. The number of carbonyl (C=O) groups excluding carboxylic acids is 3. The summed E-state index contributed by atoms with van der Waals surface area (Å²) < 4.78 is 23.4. The minimum atomic E-state index is -1.81. The van der Waals surface area contributed by atoms with Crippen LogP contribution in [0.4, 0.5) is 11.4 Å². The zero-order valence-corrected chi connectivity index (χ0v) is 22.2. The fourth-order valence-corrected chi connectivity index (χ4v) is 5.68. The van der Waals surface area contributed by atoms with E-state index < -0.39 is 28.4 Å². The second-order valence-electron chi connectivity index (χ2n) is 9.61. The van der Waals surface area contributed by atoms with Crippen LogP contribution in [-0.2, 0) is 25.2 Å². The number of amides is 3. The molecule has 0 radical (unpaired) electrons. The number of hydrogen-bond donors (Lipinski definition) is 2. The third kappa shape index (κ3) is 6.91. The zero-order valence-electron chi connectivity index (χ0n) is 21.4. The Kier molecular flexibility index (Phi) is 8.36. The second-order valence-corrected chi connectivity index (χ2v) is 11.1. The van der Waals surface area contributed by atoms with Crippen molar-refractivity contribution in [2.45, 2.75) is 38.1 Å². The van der Waals surface area contributed by atoms with E-state index in [1.54, 1.807) is 24.3 Å². The molecule has 1 fully saturated rings. The molecule has 10 nitrogen and oxygen atoms in total. The number of pyridine rings is 1. The lowest BCUT2D eigenvalue weighted by atomic mass is 9.95. The number of ether oxygens (including phenoxy) is 2. The molecule has 3 aromatic rings. The molecule has 39 heavy (non-hydrogen) atoms. The normalized spacial score (nSPS) is 15.5. The summed E-state index contributed by atoms with van der Waals surface area (Å²) in [4.78, 5) is 44.5. The van der Waals surface area contributed by atoms with E-state index in [1.807, 2.05) is 24.3 Å². The Balaban J connectivity index is 1.25. The summed E-state index contributed by atoms with van der Waals surface area (Å²) >= 11 is 0. The first kappa shape index (κ1) is 26.6. The number of anilines is 2. The van der Waals surface area contributed by atoms with Gasteiger partial charge in [-0.15, -0.1) is 0 Å². The van der Waals surface area contributed by atoms with Crippen LogP contribution in [0.5, 0.6) is 11.5 Å². The van der Waals surface area contributed by atoms with Gasteiger partial charge in [-0.3, -0.25) is 23.6 Å². The molecule has 0 unspecified atom stereocenters. The smallest absolute Gasteiger partial charge is 0.240 e. The van der Waals surface area contributed by atoms with E-state index in [0.29, 0.717) is 22.9 Å². The molecule has 1 aliphatic carbocycles. The van der Waals surface area contributed by atoms with Crippen LogP contribution < -0.4 is 25.0 Å². The standard InChI is InChI=1S/C28H30N4O6S/c33-26(30-20-7-2-1-3-8-20)15-32(22-12-19-6-4-5-9-23(19)29-14-22)28(35)17-39(36)16-27(34)31-21-10-11-24-25(13-21)38-18-37-24/h4-6,9-14,20H,1-3,7-8,15-18H2,(H,30,33)(H,31,34)/t39-/m0/s1. The number of fused-ring (bicyclic) bond motifs is 2. The topological polar surface area (TPSA) is 127 Å². The molecule has 204 valence electrons. The molecule has 5 rings (SSSR count). The maximum absolute atomic E-state index is 13.3. The molecule has 0 saturated heterocycles. The van der Waals surface area contributed by atoms with Gasteiger partial charge in [0.2, 0.25) is 24.5 Å². The van der Waals surface area contributed by atoms with Gasteiger partial charge in [0.05, 0.1) is 17.4 Å². The molecular weight excluding hydrogens is 520 g/mol. The van der Waals surface area contributed by atoms with Crippen LogP contribution in [-0.4, -0.2) is 57.8 Å². The SMILES string of the molecule is O=C(C[S@](=O)CC(=O)N(CC(=O)NC1CCCCC1)c1cnc2ccccc2c1)Nc1ccc2c(c1)OCO2. The quantitative estimate of drug-likeness (QED) is 0.419. The van der Waals surface area contributed by atoms with Crippen LogP contribution >= 0.6 is 0 Å². The Hall–Kier alpha value is -3.99. The molecule has 1 aliphatic heterocycles. The first-order valence-electron chi connectivity index (χ1n) is 12.9. The van der Waals surface area contributed by atoms with E-state index in [0.717, 1.165) is 43.0 Å². The number of nitrogens with one attached hydrogen (secondary N) is 2. The minimum Gasteiger partial charge on any atom is -0.454 e. The molecule has 11 heteroatoms. The summed E-state index contributed by atoms with van der Waals surface area (Å²) in [5.74, 6) is -1.02. The number of hydrogen-bond acceptors (Lipinski definition) is 7. The highest BCUT2D eigenvalue weighted by Gasteiger charge is 2.25. The van der Waals surface area contributed by atoms with E-state index in [9.17, 15) is 18.6 Å². The molecule has 1 atom stereocenters. The summed E-state index contributed by atoms with van der Waals surface area (Å²) in [6, 6.07) is 14.3. The Labute approximate surface area is 228 Å². The van der Waals surface area contributed by atoms with E-state index >= 15 is 0 Å². The second kappa shape index (κ2) is 12.2. The average Bonchev–Trinajstić information content (AvgIpc) is 3.40. The van der Waals surface area contributed by atoms with Crippen LogP contribution in [0.3, 0.4) is 0 Å². The molecule has 2 aliphatic rings. The van der Waals surface area contributed by atoms with E-state index in [-0.39, 0.29) is 31.0 Å². The fraction of sp³-hybridized carbons (Fsp3) is 0.357. The number of nitrogens with zero attached hydrogens (tertiary/aromatic N) is 2. The van der Waals surface area contributed by atoms with Gasteiger partial charge in [-0.05, 0) is 37.1 Å². The minimum absolute atomic E-state index is 0.0898. The molecule has 2 aromatic carbocycles. The number of benzene rings is 2. The number of carbonyl (C=O) groups is 3. The number of para-hydroxylation sites is 1. The van der Waals surface area contributed by atoms with Crippen LogP contribution in [0.2, 0.25) is 0 Å². The summed E-state index contributed by atoms with van der Waals surface area (Å²) in [6.07, 6.45) is 6.65. The number of rotatable bonds is 9. The van der Waals surface area contributed by atoms with E-state index in [2.05, 4.69) is 15.6 Å². The summed E-state index contributed by atoms with van der Waals surface area (Å²) in [7, 11) is -1.81. The van der Waals surface area contributed by atoms with Gasteiger partial charge in [0.25, 0.3) is 0 Å². The van der Waals surface area contributed by atoms with Crippen molar-refractivity contribution in [3.8, 4) is 11.5 Å². The van der Waals surface area contributed by atoms with Crippen molar-refractivity contribution in [1.82, 2.24) is 10.3 Å². The molecular formula is C28H30N4O6S. The third-order valence-corrected chi connectivity index (χ3v) is 7.85. The monoisotopic (exact) mass is 550 g/mol. The zero-order chi connectivity index (χ0) is 27.2. The average molecular weight is 551 g/mol. The van der Waals surface area contributed by atoms with Gasteiger partial charge >= 0.3 is 0 Å². The van der Waals surface area contributed by atoms with Crippen molar-refractivity contribution < 1.29 is 28.1 Å². The van der Waals surface area contributed by atoms with Crippen LogP contribution in [0.15, 0.2) is 54.7 Å². The molecule has 1 aromatic heterocycles. The lowest BCUT2D eigenvalue weighted by Crippen LogP contribution is -2.46. The lowest BCUT2D eigenvalue weighted by Gasteiger charge is -2.26. The number of aromatic nitrogens is 1. The molecule has 2 heterocycles. The van der Waals surface area contributed by atoms with Gasteiger partial charge in [0.1, 0.15) is 18.1 Å². The van der Waals surface area contributed by atoms with Crippen molar-refractivity contribution in [1.29, 1.82) is 0 Å². The van der Waals surface area contributed by atoms with Crippen molar-refractivity contribution >= 4 is 50.8 Å². The fourth-order valence-electron chi connectivity index (χ4n) is 4.78. The van der Waals surface area contributed by atoms with E-state index in [4.69, 9.17) is 9.47 Å². The summed E-state index contributed by atoms with van der Waals surface area (Å²) in [5, 5.41) is 6.51. The van der Waals surface area contributed by atoms with Crippen molar-refractivity contribution in [2.75, 3.05) is 35.1 Å². The molecule has 0 bridgehead atoms. The van der Waals surface area contributed by atoms with Crippen LogP contribution in [0.25, 0.3) is 10.9 Å². The Bertz CT molecular complexity index is 1410. The van der Waals surface area contributed by atoms with Crippen molar-refractivity contribution in [3.63, 3.8) is 0 Å². The molecule has 2 N–H and O–H groups in total. The summed E-state index contributed by atoms with van der Waals surface area (Å²) in [6.45, 7) is -0.114. The van der Waals surface area contributed by atoms with E-state index in [1.165, 1.54) is 11.1 Å². The van der Waals surface area contributed by atoms with Crippen molar-refractivity contribution in [3.05, 3.63) is 54.7 Å². The van der Waals surface area contributed by atoms with Gasteiger partial charge in [0, 0.05) is 34.0 Å². The van der Waals surface area contributed by atoms with Gasteiger partial charge < -0.3 is 25.0 Å². The largest absolute Gasteiger partial charge is 0.454 e. The molecule has 0 spiro atoms. The maximum atomic E-state index is 13.3. The van der Waals surface area contributed by atoms with Crippen molar-refractivity contribution in [2.24, 2.45) is 0 Å². The predicted octanol–water partition coefficient (Wildman–Crippen LogP) is 3.13. The summed E-state index contributed by atoms with van der Waals surface area (Å²) in [5.41, 5.74) is 1.65. The van der Waals surface area contributed by atoms with Crippen LogP contribution in [0.1, 0.15) is 32.1 Å². The van der Waals surface area contributed by atoms with Gasteiger partial charge in [-0.2, -0.15) is 0 Å². The van der Waals surface area contributed by atoms with Gasteiger partial charge in [-0.25, -0.2) is 0 Å². The molecule has 3 amide bonds. The first-order chi connectivity index (χ1) is 18.9. The maximum Gasteiger partial charge on any atom is 0.240 e. The highest BCUT2D eigenvalue weighted by Crippen LogP contribution is 2.34.